The summed E-state index contributed by atoms with van der Waals surface area (Å²) in [6, 6.07) is 4.29. The van der Waals surface area contributed by atoms with Gasteiger partial charge in [0.2, 0.25) is 0 Å². The highest BCUT2D eigenvalue weighted by Gasteiger charge is 2.32. The van der Waals surface area contributed by atoms with Crippen molar-refractivity contribution in [2.45, 2.75) is 24.3 Å². The zero-order valence-corrected chi connectivity index (χ0v) is 12.9. The monoisotopic (exact) mass is 302 g/mol. The average molecular weight is 302 g/mol. The minimum absolute atomic E-state index is 0.294. The van der Waals surface area contributed by atoms with Gasteiger partial charge in [0, 0.05) is 4.24 Å². The van der Waals surface area contributed by atoms with Crippen LogP contribution in [0.25, 0.3) is 0 Å². The Morgan fingerprint density at radius 1 is 1.05 bits per heavy atom. The molecule has 0 aromatic rings. The van der Waals surface area contributed by atoms with Gasteiger partial charge in [-0.1, -0.05) is 47.8 Å². The molecule has 0 bridgehead atoms. The summed E-state index contributed by atoms with van der Waals surface area (Å²) in [4.78, 5) is 10.4. The first-order valence-corrected chi connectivity index (χ1v) is 7.68. The van der Waals surface area contributed by atoms with Gasteiger partial charge in [-0.2, -0.15) is 10.5 Å². The largest absolute Gasteiger partial charge is 0.298 e. The van der Waals surface area contributed by atoms with Crippen molar-refractivity contribution in [1.82, 2.24) is 0 Å². The Bertz CT molecular complexity index is 550. The molecule has 102 valence electrons. The molecule has 3 nitrogen and oxygen atoms in total. The molecule has 1 aliphatic rings. The molecule has 2 atom stereocenters. The molecule has 1 fully saturated rings. The third kappa shape index (κ3) is 5.13. The van der Waals surface area contributed by atoms with E-state index in [1.807, 2.05) is 25.2 Å². The predicted molar refractivity (Wildman–Crippen MR) is 84.8 cm³/mol. The Morgan fingerprint density at radius 3 is 2.00 bits per heavy atom. The van der Waals surface area contributed by atoms with Crippen molar-refractivity contribution < 1.29 is 4.79 Å². The van der Waals surface area contributed by atoms with Crippen LogP contribution in [0.3, 0.4) is 0 Å². The van der Waals surface area contributed by atoms with Gasteiger partial charge in [-0.25, -0.2) is 0 Å². The number of nitrogens with zero attached hydrogens (tertiary/aromatic N) is 2. The van der Waals surface area contributed by atoms with E-state index in [0.717, 1.165) is 16.1 Å². The Morgan fingerprint density at radius 2 is 1.55 bits per heavy atom. The van der Waals surface area contributed by atoms with Crippen LogP contribution in [0.15, 0.2) is 45.8 Å². The summed E-state index contributed by atoms with van der Waals surface area (Å²) in [5.74, 6) is 0. The lowest BCUT2D eigenvalue weighted by Crippen LogP contribution is -2.09. The second-order valence-corrected chi connectivity index (χ2v) is 6.75. The van der Waals surface area contributed by atoms with E-state index in [4.69, 9.17) is 10.5 Å². The van der Waals surface area contributed by atoms with Gasteiger partial charge in [0.15, 0.2) is 0 Å². The molecule has 1 rings (SSSR count). The minimum atomic E-state index is -0.294. The molecule has 1 aliphatic heterocycles. The maximum absolute atomic E-state index is 10.4. The van der Waals surface area contributed by atoms with E-state index in [9.17, 15) is 4.79 Å². The number of hydrogen-bond donors (Lipinski definition) is 0. The lowest BCUT2D eigenvalue weighted by Gasteiger charge is -1.96. The van der Waals surface area contributed by atoms with Crippen LogP contribution in [0, 0.1) is 22.7 Å². The van der Waals surface area contributed by atoms with Crippen molar-refractivity contribution in [1.29, 1.82) is 10.5 Å². The lowest BCUT2D eigenvalue weighted by atomic mass is 10.2. The summed E-state index contributed by atoms with van der Waals surface area (Å²) >= 11 is 2.87. The molecular weight excluding hydrogens is 288 g/mol. The number of carbonyl (C=O) groups is 1. The number of nitriles is 2. The molecule has 0 aromatic heterocycles. The Kier molecular flexibility index (Phi) is 6.93. The second kappa shape index (κ2) is 8.47. The van der Waals surface area contributed by atoms with Crippen LogP contribution >= 0.6 is 23.5 Å². The Labute approximate surface area is 127 Å². The first-order chi connectivity index (χ1) is 9.60. The molecule has 0 aromatic carbocycles. The predicted octanol–water partition coefficient (Wildman–Crippen LogP) is 3.74. The molecule has 1 heterocycles. The molecule has 0 radical (unpaired) electrons. The highest BCUT2D eigenvalue weighted by molar-refractivity contribution is 8.26. The van der Waals surface area contributed by atoms with Crippen LogP contribution in [-0.4, -0.2) is 16.8 Å². The number of aldehydes is 1. The zero-order valence-electron chi connectivity index (χ0n) is 11.2. The van der Waals surface area contributed by atoms with Crippen LogP contribution < -0.4 is 0 Å². The van der Waals surface area contributed by atoms with E-state index in [0.29, 0.717) is 5.57 Å². The molecule has 0 amide bonds. The van der Waals surface area contributed by atoms with Crippen LogP contribution in [0.5, 0.6) is 0 Å². The highest BCUT2D eigenvalue weighted by atomic mass is 32.2. The quantitative estimate of drug-likeness (QED) is 0.449. The average Bonchev–Trinajstić information content (AvgIpc) is 2.85. The molecular formula is C15H14N2OS2. The van der Waals surface area contributed by atoms with E-state index in [-0.39, 0.29) is 10.5 Å². The van der Waals surface area contributed by atoms with Gasteiger partial charge in [-0.15, -0.1) is 0 Å². The van der Waals surface area contributed by atoms with Crippen molar-refractivity contribution >= 4 is 29.8 Å². The summed E-state index contributed by atoms with van der Waals surface area (Å²) in [6.07, 6.45) is 10.1. The minimum Gasteiger partial charge on any atom is -0.298 e. The fourth-order valence-electron chi connectivity index (χ4n) is 1.35. The molecule has 20 heavy (non-hydrogen) atoms. The summed E-state index contributed by atoms with van der Waals surface area (Å²) in [7, 11) is 0. The zero-order chi connectivity index (χ0) is 15.0. The molecule has 0 spiro atoms. The first kappa shape index (κ1) is 16.4. The number of thioether (sulfide) groups is 2. The van der Waals surface area contributed by atoms with Gasteiger partial charge in [0.05, 0.1) is 12.1 Å². The van der Waals surface area contributed by atoms with Crippen LogP contribution in [0.1, 0.15) is 13.8 Å². The van der Waals surface area contributed by atoms with E-state index in [1.54, 1.807) is 19.1 Å². The summed E-state index contributed by atoms with van der Waals surface area (Å²) < 4.78 is 0.991. The topological polar surface area (TPSA) is 64.7 Å². The van der Waals surface area contributed by atoms with Crippen molar-refractivity contribution in [3.63, 3.8) is 0 Å². The van der Waals surface area contributed by atoms with Gasteiger partial charge in [0.25, 0.3) is 0 Å². The maximum Gasteiger partial charge on any atom is 0.145 e. The highest BCUT2D eigenvalue weighted by Crippen LogP contribution is 2.46. The molecule has 0 saturated carbocycles. The third-order valence-corrected chi connectivity index (χ3v) is 5.09. The van der Waals surface area contributed by atoms with Crippen molar-refractivity contribution in [2.24, 2.45) is 0 Å². The van der Waals surface area contributed by atoms with Gasteiger partial charge >= 0.3 is 0 Å². The normalized spacial score (nSPS) is 23.5. The number of hydrogen-bond acceptors (Lipinski definition) is 5. The van der Waals surface area contributed by atoms with Crippen LogP contribution in [0.2, 0.25) is 0 Å². The van der Waals surface area contributed by atoms with Gasteiger partial charge < -0.3 is 0 Å². The number of allylic oxidation sites excluding steroid dienone is 7. The standard InChI is InChI=1S/C15H14N2OS2/c1-11(5-3-4-6-12(2)10-18)7-15-19-13(8-16)14(9-17)20-15/h3-7,10,13-14H,1-2H3/b4-3+,11-5+,12-6+,15-7?. The van der Waals surface area contributed by atoms with E-state index < -0.39 is 0 Å². The molecule has 5 heteroatoms. The fraction of sp³-hybridized carbons (Fsp3) is 0.267. The van der Waals surface area contributed by atoms with Gasteiger partial charge in [0.1, 0.15) is 16.8 Å². The maximum atomic E-state index is 10.4. The molecule has 1 saturated heterocycles. The summed E-state index contributed by atoms with van der Waals surface area (Å²) in [6.45, 7) is 3.70. The van der Waals surface area contributed by atoms with Gasteiger partial charge in [-0.05, 0) is 31.1 Å². The van der Waals surface area contributed by atoms with E-state index in [1.165, 1.54) is 23.5 Å². The second-order valence-electron chi connectivity index (χ2n) is 4.12. The Balaban J connectivity index is 2.69. The summed E-state index contributed by atoms with van der Waals surface area (Å²) in [5, 5.41) is 17.3. The number of rotatable bonds is 4. The smallest absolute Gasteiger partial charge is 0.145 e. The Hall–Kier alpha value is -1.69. The number of carbonyl (C=O) groups excluding carboxylic acids is 1. The first-order valence-electron chi connectivity index (χ1n) is 5.92. The molecule has 2 unspecified atom stereocenters. The third-order valence-electron chi connectivity index (χ3n) is 2.38. The van der Waals surface area contributed by atoms with E-state index >= 15 is 0 Å². The van der Waals surface area contributed by atoms with Crippen molar-refractivity contribution in [2.75, 3.05) is 0 Å². The molecule has 0 N–H and O–H groups in total. The summed E-state index contributed by atoms with van der Waals surface area (Å²) in [5.41, 5.74) is 1.70. The lowest BCUT2D eigenvalue weighted by molar-refractivity contribution is -0.104. The van der Waals surface area contributed by atoms with E-state index in [2.05, 4.69) is 12.1 Å². The van der Waals surface area contributed by atoms with Crippen molar-refractivity contribution in [3.8, 4) is 12.1 Å². The van der Waals surface area contributed by atoms with Crippen molar-refractivity contribution in [3.05, 3.63) is 45.8 Å². The van der Waals surface area contributed by atoms with Gasteiger partial charge in [-0.3, -0.25) is 4.79 Å². The fourth-order valence-corrected chi connectivity index (χ4v) is 4.01. The molecule has 0 aliphatic carbocycles. The van der Waals surface area contributed by atoms with Crippen LogP contribution in [-0.2, 0) is 4.79 Å². The van der Waals surface area contributed by atoms with Crippen LogP contribution in [0.4, 0.5) is 0 Å². The SMILES string of the molecule is C\C(C=O)=C/C=C/C=C(\C)C=C1SC(C#N)C(C#N)S1.